The summed E-state index contributed by atoms with van der Waals surface area (Å²) in [6.07, 6.45) is 8.17. The lowest BCUT2D eigenvalue weighted by Gasteiger charge is -2.23. The summed E-state index contributed by atoms with van der Waals surface area (Å²) in [6, 6.07) is 4.21. The molecule has 9 nitrogen and oxygen atoms in total. The second kappa shape index (κ2) is 10.1. The Morgan fingerprint density at radius 3 is 2.31 bits per heavy atom. The van der Waals surface area contributed by atoms with Crippen LogP contribution in [-0.2, 0) is 0 Å². The van der Waals surface area contributed by atoms with E-state index < -0.39 is 4.92 Å². The number of nitro groups is 1. The van der Waals surface area contributed by atoms with Gasteiger partial charge in [0.05, 0.1) is 29.9 Å². The van der Waals surface area contributed by atoms with E-state index in [1.165, 1.54) is 19.2 Å². The molecule has 0 atom stereocenters. The molecular weight excluding hydrogens is 334 g/mol. The maximum Gasteiger partial charge on any atom is 0.353 e. The van der Waals surface area contributed by atoms with Crippen molar-refractivity contribution in [3.8, 4) is 12.1 Å². The number of nitriles is 2. The maximum absolute atomic E-state index is 11.7. The van der Waals surface area contributed by atoms with Gasteiger partial charge in [0.25, 0.3) is 0 Å². The molecule has 1 aliphatic rings. The smallest absolute Gasteiger partial charge is 0.353 e. The van der Waals surface area contributed by atoms with Crippen LogP contribution < -0.4 is 10.2 Å². The highest BCUT2D eigenvalue weighted by Crippen LogP contribution is 2.33. The van der Waals surface area contributed by atoms with Crippen LogP contribution in [0.15, 0.2) is 6.33 Å². The van der Waals surface area contributed by atoms with Crippen molar-refractivity contribution in [2.24, 2.45) is 0 Å². The molecule has 1 heterocycles. The Bertz CT molecular complexity index is 669. The molecule has 0 unspecified atom stereocenters. The van der Waals surface area contributed by atoms with Crippen LogP contribution in [0.3, 0.4) is 0 Å². The van der Waals surface area contributed by atoms with Gasteiger partial charge in [-0.2, -0.15) is 10.5 Å². The third-order valence-electron chi connectivity index (χ3n) is 4.47. The summed E-state index contributed by atoms with van der Waals surface area (Å²) >= 11 is 0. The van der Waals surface area contributed by atoms with E-state index >= 15 is 0 Å². The van der Waals surface area contributed by atoms with Gasteiger partial charge in [-0.25, -0.2) is 9.97 Å². The summed E-state index contributed by atoms with van der Waals surface area (Å²) in [4.78, 5) is 21.1. The van der Waals surface area contributed by atoms with Crippen LogP contribution in [0.1, 0.15) is 51.4 Å². The van der Waals surface area contributed by atoms with Gasteiger partial charge in [-0.3, -0.25) is 10.1 Å². The van der Waals surface area contributed by atoms with Gasteiger partial charge in [0.2, 0.25) is 11.6 Å². The van der Waals surface area contributed by atoms with Gasteiger partial charge in [0, 0.05) is 19.1 Å². The SMILES string of the molecule is N#CCCN(CCC#N)c1ncnc(NC2CCCCCC2)c1[N+](=O)[O-]. The maximum atomic E-state index is 11.7. The lowest BCUT2D eigenvalue weighted by Crippen LogP contribution is -2.28. The van der Waals surface area contributed by atoms with E-state index in [-0.39, 0.29) is 49.3 Å². The molecule has 0 aromatic carbocycles. The molecule has 1 aliphatic carbocycles. The average molecular weight is 357 g/mol. The van der Waals surface area contributed by atoms with Crippen molar-refractivity contribution >= 4 is 17.3 Å². The molecular formula is C17H23N7O2. The first kappa shape index (κ1) is 19.4. The number of hydrogen-bond acceptors (Lipinski definition) is 8. The molecule has 0 radical (unpaired) electrons. The van der Waals surface area contributed by atoms with Crippen molar-refractivity contribution in [1.29, 1.82) is 10.5 Å². The van der Waals surface area contributed by atoms with Crippen molar-refractivity contribution in [2.75, 3.05) is 23.3 Å². The first-order valence-corrected chi connectivity index (χ1v) is 8.92. The van der Waals surface area contributed by atoms with E-state index in [4.69, 9.17) is 10.5 Å². The van der Waals surface area contributed by atoms with Crippen molar-refractivity contribution in [3.05, 3.63) is 16.4 Å². The molecule has 138 valence electrons. The molecule has 9 heteroatoms. The van der Waals surface area contributed by atoms with E-state index in [2.05, 4.69) is 15.3 Å². The third-order valence-corrected chi connectivity index (χ3v) is 4.47. The average Bonchev–Trinajstić information content (AvgIpc) is 2.90. The Morgan fingerprint density at radius 2 is 1.77 bits per heavy atom. The number of hydrogen-bond donors (Lipinski definition) is 1. The summed E-state index contributed by atoms with van der Waals surface area (Å²) in [6.45, 7) is 0.553. The number of aromatic nitrogens is 2. The Kier molecular flexibility index (Phi) is 7.56. The fourth-order valence-electron chi connectivity index (χ4n) is 3.19. The molecule has 0 amide bonds. The first-order chi connectivity index (χ1) is 12.7. The van der Waals surface area contributed by atoms with Crippen molar-refractivity contribution in [2.45, 2.75) is 57.4 Å². The third kappa shape index (κ3) is 5.28. The normalized spacial score (nSPS) is 14.7. The van der Waals surface area contributed by atoms with Crippen LogP contribution in [0.25, 0.3) is 0 Å². The topological polar surface area (TPSA) is 132 Å². The zero-order chi connectivity index (χ0) is 18.8. The highest BCUT2D eigenvalue weighted by atomic mass is 16.6. The summed E-state index contributed by atoms with van der Waals surface area (Å²) in [7, 11) is 0. The summed E-state index contributed by atoms with van der Waals surface area (Å²) in [5.41, 5.74) is -0.187. The summed E-state index contributed by atoms with van der Waals surface area (Å²) in [5.74, 6) is 0.373. The molecule has 1 aromatic rings. The number of anilines is 2. The molecule has 0 saturated heterocycles. The summed E-state index contributed by atoms with van der Waals surface area (Å²) in [5, 5.41) is 32.6. The molecule has 0 aliphatic heterocycles. The van der Waals surface area contributed by atoms with Crippen LogP contribution in [-0.4, -0.2) is 34.0 Å². The van der Waals surface area contributed by atoms with Gasteiger partial charge < -0.3 is 10.2 Å². The predicted molar refractivity (Wildman–Crippen MR) is 96.5 cm³/mol. The summed E-state index contributed by atoms with van der Waals surface area (Å²) < 4.78 is 0. The number of rotatable bonds is 8. The quantitative estimate of drug-likeness (QED) is 0.426. The molecule has 2 rings (SSSR count). The minimum absolute atomic E-state index is 0.158. The molecule has 1 fully saturated rings. The van der Waals surface area contributed by atoms with Crippen molar-refractivity contribution in [3.63, 3.8) is 0 Å². The number of nitrogens with zero attached hydrogens (tertiary/aromatic N) is 6. The van der Waals surface area contributed by atoms with Crippen LogP contribution in [0.5, 0.6) is 0 Å². The van der Waals surface area contributed by atoms with E-state index in [0.717, 1.165) is 25.7 Å². The molecule has 0 bridgehead atoms. The first-order valence-electron chi connectivity index (χ1n) is 8.92. The van der Waals surface area contributed by atoms with E-state index in [9.17, 15) is 10.1 Å². The zero-order valence-electron chi connectivity index (χ0n) is 14.7. The zero-order valence-corrected chi connectivity index (χ0v) is 14.7. The molecule has 1 saturated carbocycles. The van der Waals surface area contributed by atoms with Gasteiger partial charge in [-0.05, 0) is 12.8 Å². The fraction of sp³-hybridized carbons (Fsp3) is 0.647. The molecule has 26 heavy (non-hydrogen) atoms. The standard InChI is InChI=1S/C17H23N7O2/c18-9-5-11-23(12-6-10-19)17-15(24(25)26)16(20-13-21-17)22-14-7-3-1-2-4-8-14/h13-14H,1-8,11-12H2,(H,20,21,22). The second-order valence-electron chi connectivity index (χ2n) is 6.29. The predicted octanol–water partition coefficient (Wildman–Crippen LogP) is 3.15. The lowest BCUT2D eigenvalue weighted by atomic mass is 10.1. The van der Waals surface area contributed by atoms with Crippen LogP contribution in [0.2, 0.25) is 0 Å². The Morgan fingerprint density at radius 1 is 1.15 bits per heavy atom. The monoisotopic (exact) mass is 357 g/mol. The lowest BCUT2D eigenvalue weighted by molar-refractivity contribution is -0.383. The number of nitrogens with one attached hydrogen (secondary N) is 1. The minimum atomic E-state index is -0.486. The molecule has 0 spiro atoms. The van der Waals surface area contributed by atoms with Gasteiger partial charge in [-0.15, -0.1) is 0 Å². The van der Waals surface area contributed by atoms with Crippen LogP contribution in [0, 0.1) is 32.8 Å². The van der Waals surface area contributed by atoms with Crippen molar-refractivity contribution in [1.82, 2.24) is 9.97 Å². The molecule has 1 aromatic heterocycles. The van der Waals surface area contributed by atoms with E-state index in [1.54, 1.807) is 4.90 Å². The molecule has 1 N–H and O–H groups in total. The van der Waals surface area contributed by atoms with Gasteiger partial charge >= 0.3 is 5.69 Å². The minimum Gasteiger partial charge on any atom is -0.361 e. The van der Waals surface area contributed by atoms with Gasteiger partial charge in [0.1, 0.15) is 6.33 Å². The Balaban J connectivity index is 2.31. The highest BCUT2D eigenvalue weighted by Gasteiger charge is 2.28. The van der Waals surface area contributed by atoms with Gasteiger partial charge in [-0.1, -0.05) is 25.7 Å². The van der Waals surface area contributed by atoms with E-state index in [0.29, 0.717) is 0 Å². The fourth-order valence-corrected chi connectivity index (χ4v) is 3.19. The van der Waals surface area contributed by atoms with Gasteiger partial charge in [0.15, 0.2) is 0 Å². The largest absolute Gasteiger partial charge is 0.361 e. The van der Waals surface area contributed by atoms with Crippen LogP contribution >= 0.6 is 0 Å². The Labute approximate surface area is 152 Å². The van der Waals surface area contributed by atoms with Crippen LogP contribution in [0.4, 0.5) is 17.3 Å². The highest BCUT2D eigenvalue weighted by molar-refractivity contribution is 5.70. The second-order valence-corrected chi connectivity index (χ2v) is 6.29. The van der Waals surface area contributed by atoms with Crippen molar-refractivity contribution < 1.29 is 4.92 Å². The van der Waals surface area contributed by atoms with E-state index in [1.807, 2.05) is 12.1 Å². The Hall–Kier alpha value is -2.94.